The summed E-state index contributed by atoms with van der Waals surface area (Å²) >= 11 is 0. The fourth-order valence-electron chi connectivity index (χ4n) is 21.4. The zero-order chi connectivity index (χ0) is 39.6. The Balaban J connectivity index is 1.12. The van der Waals surface area contributed by atoms with Crippen molar-refractivity contribution in [3.8, 4) is 0 Å². The van der Waals surface area contributed by atoms with E-state index >= 15 is 0 Å². The zero-order valence-electron chi connectivity index (χ0n) is 34.3. The lowest BCUT2D eigenvalue weighted by molar-refractivity contribution is -0.121. The molecular formula is C61H34O2. The Morgan fingerprint density at radius 3 is 2.32 bits per heavy atom. The summed E-state index contributed by atoms with van der Waals surface area (Å²) in [6.45, 7) is -0.364. The van der Waals surface area contributed by atoms with Crippen LogP contribution in [0.4, 0.5) is 0 Å². The van der Waals surface area contributed by atoms with Crippen LogP contribution in [0, 0.1) is 11.8 Å². The van der Waals surface area contributed by atoms with Crippen LogP contribution in [0.3, 0.4) is 0 Å². The molecule has 14 aliphatic rings. The first-order chi connectivity index (χ1) is 31.2. The van der Waals surface area contributed by atoms with Crippen LogP contribution in [0.25, 0.3) is 81.4 Å². The Kier molecular flexibility index (Phi) is 3.68. The van der Waals surface area contributed by atoms with Crippen LogP contribution < -0.4 is 0 Å². The number of Topliss-reactive ketones (excluding diaryl/α,β-unsaturated/α-hetero) is 1. The molecule has 8 aromatic carbocycles. The lowest BCUT2D eigenvalue weighted by atomic mass is 9.57. The molecule has 1 saturated carbocycles. The molecule has 0 saturated heterocycles. The number of aliphatic hydroxyl groups is 1. The Labute approximate surface area is 360 Å². The van der Waals surface area contributed by atoms with Gasteiger partial charge in [-0.05, 0) is 214 Å². The quantitative estimate of drug-likeness (QED) is 0.134. The predicted molar refractivity (Wildman–Crippen MR) is 249 cm³/mol. The zero-order valence-corrected chi connectivity index (χ0v) is 34.3. The summed E-state index contributed by atoms with van der Waals surface area (Å²) in [5, 5.41) is 29.9. The van der Waals surface area contributed by atoms with Gasteiger partial charge in [-0.2, -0.15) is 0 Å². The summed E-state index contributed by atoms with van der Waals surface area (Å²) < 4.78 is 0. The maximum Gasteiger partial charge on any atom is 0.158 e. The maximum atomic E-state index is 13.3. The second-order valence-electron chi connectivity index (χ2n) is 22.8. The molecule has 2 heteroatoms. The molecule has 14 aliphatic carbocycles. The van der Waals surface area contributed by atoms with Gasteiger partial charge in [-0.1, -0.05) is 78.9 Å². The van der Waals surface area contributed by atoms with Gasteiger partial charge >= 0.3 is 0 Å². The molecule has 2 nitrogen and oxygen atoms in total. The second-order valence-corrected chi connectivity index (χ2v) is 22.8. The van der Waals surface area contributed by atoms with Crippen molar-refractivity contribution in [3.05, 3.63) is 168 Å². The van der Waals surface area contributed by atoms with Crippen molar-refractivity contribution in [2.24, 2.45) is 11.8 Å². The van der Waals surface area contributed by atoms with Gasteiger partial charge in [0.2, 0.25) is 0 Å². The van der Waals surface area contributed by atoms with E-state index in [2.05, 4.69) is 78.9 Å². The van der Waals surface area contributed by atoms with Crippen LogP contribution in [-0.2, 0) is 33.9 Å². The highest BCUT2D eigenvalue weighted by Gasteiger charge is 2.97. The lowest BCUT2D eigenvalue weighted by Gasteiger charge is -2.44. The third kappa shape index (κ3) is 2.12. The molecule has 0 radical (unpaired) electrons. The summed E-state index contributed by atoms with van der Waals surface area (Å²) in [6, 6.07) is 17.4. The Bertz CT molecular complexity index is 4290. The number of ketones is 1. The molecule has 0 heterocycles. The van der Waals surface area contributed by atoms with E-state index in [1.165, 1.54) is 11.1 Å². The number of fused-ring (bicyclic) bond motifs is 2. The molecule has 1 fully saturated rings. The van der Waals surface area contributed by atoms with Gasteiger partial charge in [0.05, 0.1) is 0 Å². The molecular weight excluding hydrogens is 765 g/mol. The Morgan fingerprint density at radius 2 is 1.43 bits per heavy atom. The first kappa shape index (κ1) is 29.3. The van der Waals surface area contributed by atoms with Crippen LogP contribution >= 0.6 is 0 Å². The smallest absolute Gasteiger partial charge is 0.158 e. The van der Waals surface area contributed by atoms with E-state index in [0.29, 0.717) is 41.9 Å². The SMILES string of the molecule is O=C(CO)CCCC1(c2ccccc2)C23c4c5c6c7c8c4c4c2c2c9c%10c%11cc%12c9c9c%13c2c2c%14c%15c%16c(cc(c8c%16c24)C7C=CC6=C2C=CC%11C(C25)C%1013)CC%15=CCC(C=C9C%12)C%13%14. The average molecular weight is 799 g/mol. The highest BCUT2D eigenvalue weighted by molar-refractivity contribution is 6.48. The molecule has 0 aromatic heterocycles. The van der Waals surface area contributed by atoms with Crippen molar-refractivity contribution in [1.29, 1.82) is 0 Å². The fourth-order valence-corrected chi connectivity index (χ4v) is 21.4. The minimum atomic E-state index is -0.364. The normalized spacial score (nSPS) is 34.1. The van der Waals surface area contributed by atoms with E-state index in [4.69, 9.17) is 0 Å². The summed E-state index contributed by atoms with van der Waals surface area (Å²) in [5.74, 6) is 2.27. The summed E-state index contributed by atoms with van der Waals surface area (Å²) in [6.07, 6.45) is 21.5. The van der Waals surface area contributed by atoms with Gasteiger partial charge in [0.1, 0.15) is 6.61 Å². The molecule has 9 unspecified atom stereocenters. The van der Waals surface area contributed by atoms with Crippen molar-refractivity contribution < 1.29 is 9.90 Å². The predicted octanol–water partition coefficient (Wildman–Crippen LogP) is 12.1. The van der Waals surface area contributed by atoms with E-state index in [9.17, 15) is 9.90 Å². The van der Waals surface area contributed by atoms with E-state index in [0.717, 1.165) is 32.1 Å². The summed E-state index contributed by atoms with van der Waals surface area (Å²) in [4.78, 5) is 13.3. The highest BCUT2D eigenvalue weighted by atomic mass is 16.3. The summed E-state index contributed by atoms with van der Waals surface area (Å²) in [7, 11) is 0. The van der Waals surface area contributed by atoms with E-state index in [-0.39, 0.29) is 28.6 Å². The first-order valence-corrected chi connectivity index (χ1v) is 24.3. The van der Waals surface area contributed by atoms with E-state index in [1.807, 2.05) is 0 Å². The molecule has 22 rings (SSSR count). The van der Waals surface area contributed by atoms with Gasteiger partial charge in [-0.15, -0.1) is 0 Å². The number of aliphatic hydroxyl groups excluding tert-OH is 1. The van der Waals surface area contributed by atoms with Crippen LogP contribution in [0.2, 0.25) is 0 Å². The molecule has 0 aliphatic heterocycles. The maximum absolute atomic E-state index is 13.3. The standard InChI is InChI=1S/C61H34O2/c62-20-27(63)7-4-14-59(26-5-2-1-3-6-26)60-55-31-13-12-29-28-10-11-30-32-18-24-16-21-8-9-22-15-23-17-25-19-33(31)56(60)50-38(25)36(23)44-35(22)43-34(21)37(24)45-41(32)46-39(30)40(28)51(42(29)55)57-52(46)54-49(45)47(43)48(44)53(50)58(54)61(57,59)60/h1-3,5-6,8,10-13,15,18-19,22,30-31,35,42,55,62H,4,7,9,14,16-17,20H2. The number of carbonyl (C=O) groups is 1. The molecule has 8 aromatic rings. The van der Waals surface area contributed by atoms with Crippen LogP contribution in [0.5, 0.6) is 0 Å². The van der Waals surface area contributed by atoms with Crippen molar-refractivity contribution in [3.63, 3.8) is 0 Å². The van der Waals surface area contributed by atoms with Crippen molar-refractivity contribution in [1.82, 2.24) is 0 Å². The minimum Gasteiger partial charge on any atom is -0.389 e. The number of hydrogen-bond donors (Lipinski definition) is 1. The second kappa shape index (κ2) is 7.92. The van der Waals surface area contributed by atoms with E-state index in [1.54, 1.807) is 159 Å². The van der Waals surface area contributed by atoms with Gasteiger partial charge in [0.15, 0.2) is 5.78 Å². The summed E-state index contributed by atoms with van der Waals surface area (Å²) in [5.41, 5.74) is 30.5. The first-order valence-electron chi connectivity index (χ1n) is 24.3. The Morgan fingerprint density at radius 1 is 0.683 bits per heavy atom. The molecule has 9 atom stereocenters. The van der Waals surface area contributed by atoms with Crippen LogP contribution in [0.15, 0.2) is 84.5 Å². The Hall–Kier alpha value is -6.09. The molecule has 290 valence electrons. The number of allylic oxidation sites excluding steroid dienone is 10. The number of benzene rings is 8. The van der Waals surface area contributed by atoms with Crippen molar-refractivity contribution in [2.45, 2.75) is 78.4 Å². The van der Waals surface area contributed by atoms with Gasteiger partial charge in [-0.25, -0.2) is 0 Å². The van der Waals surface area contributed by atoms with E-state index < -0.39 is 0 Å². The van der Waals surface area contributed by atoms with Gasteiger partial charge in [0.25, 0.3) is 0 Å². The molecule has 63 heavy (non-hydrogen) atoms. The molecule has 1 N–H and O–H groups in total. The third-order valence-corrected chi connectivity index (χ3v) is 21.9. The van der Waals surface area contributed by atoms with Gasteiger partial charge < -0.3 is 5.11 Å². The van der Waals surface area contributed by atoms with Crippen molar-refractivity contribution >= 4 is 87.1 Å². The number of rotatable bonds is 6. The highest BCUT2D eigenvalue weighted by Crippen LogP contribution is 2.98. The minimum absolute atomic E-state index is 0.0188. The average Bonchev–Trinajstić information content (AvgIpc) is 4.05. The number of hydrogen-bond acceptors (Lipinski definition) is 2. The van der Waals surface area contributed by atoms with Crippen LogP contribution in [0.1, 0.15) is 133 Å². The molecule has 0 amide bonds. The topological polar surface area (TPSA) is 37.3 Å². The van der Waals surface area contributed by atoms with Gasteiger partial charge in [-0.3, -0.25) is 4.79 Å². The van der Waals surface area contributed by atoms with Crippen LogP contribution in [-0.4, -0.2) is 17.5 Å². The fraction of sp³-hybridized carbons (Fsp3) is 0.262. The third-order valence-electron chi connectivity index (χ3n) is 21.9. The lowest BCUT2D eigenvalue weighted by Crippen LogP contribution is -2.40. The largest absolute Gasteiger partial charge is 0.389 e. The molecule has 0 bridgehead atoms. The van der Waals surface area contributed by atoms with Gasteiger partial charge in [0, 0.05) is 46.3 Å². The number of carbonyl (C=O) groups excluding carboxylic acids is 1. The monoisotopic (exact) mass is 798 g/mol. The van der Waals surface area contributed by atoms with Crippen molar-refractivity contribution in [2.75, 3.05) is 6.61 Å². The molecule has 2 spiro atoms.